The van der Waals surface area contributed by atoms with Crippen LogP contribution in [0.2, 0.25) is 0 Å². The van der Waals surface area contributed by atoms with Crippen LogP contribution in [0.4, 0.5) is 11.6 Å². The van der Waals surface area contributed by atoms with Crippen molar-refractivity contribution in [2.75, 3.05) is 37.8 Å². The van der Waals surface area contributed by atoms with Gasteiger partial charge in [0.25, 0.3) is 0 Å². The Kier molecular flexibility index (Phi) is 7.04. The van der Waals surface area contributed by atoms with Crippen LogP contribution in [-0.4, -0.2) is 75.7 Å². The summed E-state index contributed by atoms with van der Waals surface area (Å²) in [5.41, 5.74) is 3.03. The zero-order chi connectivity index (χ0) is 26.6. The smallest absolute Gasteiger partial charge is 0.244 e. The van der Waals surface area contributed by atoms with Crippen LogP contribution in [0.25, 0.3) is 0 Å². The summed E-state index contributed by atoms with van der Waals surface area (Å²) in [7, 11) is 0. The highest BCUT2D eigenvalue weighted by Crippen LogP contribution is 2.58. The Labute approximate surface area is 231 Å². The summed E-state index contributed by atoms with van der Waals surface area (Å²) in [6.45, 7) is 11.1. The molecular formula is C27H33N5O4S2. The van der Waals surface area contributed by atoms with Crippen molar-refractivity contribution < 1.29 is 19.1 Å². The number of carbonyl (C=O) groups is 2. The van der Waals surface area contributed by atoms with Gasteiger partial charge in [0.15, 0.2) is 5.16 Å². The predicted molar refractivity (Wildman–Crippen MR) is 147 cm³/mol. The van der Waals surface area contributed by atoms with E-state index < -0.39 is 0 Å². The Morgan fingerprint density at radius 3 is 2.71 bits per heavy atom. The van der Waals surface area contributed by atoms with Crippen molar-refractivity contribution in [3.63, 3.8) is 0 Å². The number of hydrogen-bond acceptors (Lipinski definition) is 8. The SMILES string of the molecule is Cc1cccc(N2C(=O)C3C4=C(COC(C(C)C)C4)SC3n3c(SC(C)C(=O)N4CCOCC4)nnc32)c1. The summed E-state index contributed by atoms with van der Waals surface area (Å²) in [5.74, 6) is 0.636. The molecule has 0 aliphatic carbocycles. The molecule has 1 fully saturated rings. The highest BCUT2D eigenvalue weighted by molar-refractivity contribution is 8.03. The molecule has 5 heterocycles. The van der Waals surface area contributed by atoms with Crippen molar-refractivity contribution in [1.82, 2.24) is 19.7 Å². The van der Waals surface area contributed by atoms with Gasteiger partial charge in [-0.3, -0.25) is 14.2 Å². The third kappa shape index (κ3) is 4.47. The van der Waals surface area contributed by atoms with Crippen LogP contribution < -0.4 is 4.90 Å². The van der Waals surface area contributed by atoms with E-state index in [9.17, 15) is 9.59 Å². The number of benzene rings is 1. The van der Waals surface area contributed by atoms with Crippen molar-refractivity contribution in [2.24, 2.45) is 11.8 Å². The Hall–Kier alpha value is -2.34. The molecule has 1 saturated heterocycles. The highest BCUT2D eigenvalue weighted by Gasteiger charge is 2.52. The number of thioether (sulfide) groups is 2. The average Bonchev–Trinajstić information content (AvgIpc) is 3.50. The highest BCUT2D eigenvalue weighted by atomic mass is 32.2. The molecule has 0 saturated carbocycles. The van der Waals surface area contributed by atoms with Gasteiger partial charge in [0.1, 0.15) is 5.37 Å². The van der Waals surface area contributed by atoms with Crippen molar-refractivity contribution >= 4 is 47.0 Å². The molecule has 2 amide bonds. The summed E-state index contributed by atoms with van der Waals surface area (Å²) in [4.78, 5) is 32.2. The Morgan fingerprint density at radius 2 is 1.97 bits per heavy atom. The van der Waals surface area contributed by atoms with Crippen LogP contribution >= 0.6 is 23.5 Å². The van der Waals surface area contributed by atoms with Gasteiger partial charge < -0.3 is 14.4 Å². The predicted octanol–water partition coefficient (Wildman–Crippen LogP) is 4.16. The van der Waals surface area contributed by atoms with E-state index in [0.29, 0.717) is 49.9 Å². The molecule has 4 atom stereocenters. The van der Waals surface area contributed by atoms with Crippen LogP contribution in [0.5, 0.6) is 0 Å². The molecule has 0 spiro atoms. The molecule has 11 heteroatoms. The number of hydrogen-bond donors (Lipinski definition) is 0. The van der Waals surface area contributed by atoms with Crippen molar-refractivity contribution in [3.8, 4) is 0 Å². The Balaban J connectivity index is 1.38. The standard InChI is InChI=1S/C27H33N5O4S2/c1-15(2)20-13-19-21(14-36-20)38-25-22(19)24(34)31(18-7-5-6-16(3)12-18)26-28-29-27(32(25)26)37-17(4)23(33)30-8-10-35-11-9-30/h5-7,12,15,17,20,22,25H,8-11,13-14H2,1-4H3. The number of aromatic nitrogens is 3. The third-order valence-corrected chi connectivity index (χ3v) is 10.1. The van der Waals surface area contributed by atoms with E-state index in [1.165, 1.54) is 17.3 Å². The van der Waals surface area contributed by atoms with Crippen LogP contribution in [-0.2, 0) is 19.1 Å². The number of amides is 2. The van der Waals surface area contributed by atoms with E-state index in [4.69, 9.17) is 9.47 Å². The number of aryl methyl sites for hydroxylation is 1. The molecule has 0 bridgehead atoms. The van der Waals surface area contributed by atoms with Crippen LogP contribution in [0.3, 0.4) is 0 Å². The molecule has 4 aliphatic rings. The first kappa shape index (κ1) is 25.9. The number of fused-ring (bicyclic) bond motifs is 4. The fraction of sp³-hybridized carbons (Fsp3) is 0.556. The number of rotatable bonds is 5. The lowest BCUT2D eigenvalue weighted by Crippen LogP contribution is -2.44. The topological polar surface area (TPSA) is 89.8 Å². The van der Waals surface area contributed by atoms with E-state index in [2.05, 4.69) is 28.6 Å². The van der Waals surface area contributed by atoms with Gasteiger partial charge in [-0.1, -0.05) is 37.7 Å². The van der Waals surface area contributed by atoms with Crippen LogP contribution in [0, 0.1) is 18.8 Å². The van der Waals surface area contributed by atoms with Gasteiger partial charge in [0.2, 0.25) is 17.8 Å². The van der Waals surface area contributed by atoms with Gasteiger partial charge in [-0.05, 0) is 49.5 Å². The number of anilines is 2. The van der Waals surface area contributed by atoms with Gasteiger partial charge in [-0.2, -0.15) is 0 Å². The minimum Gasteiger partial charge on any atom is -0.378 e. The fourth-order valence-electron chi connectivity index (χ4n) is 5.58. The lowest BCUT2D eigenvalue weighted by atomic mass is 9.87. The third-order valence-electron chi connectivity index (χ3n) is 7.67. The maximum Gasteiger partial charge on any atom is 0.244 e. The summed E-state index contributed by atoms with van der Waals surface area (Å²) in [6.07, 6.45) is 0.844. The lowest BCUT2D eigenvalue weighted by molar-refractivity contribution is -0.134. The minimum absolute atomic E-state index is 0.0244. The van der Waals surface area contributed by atoms with E-state index in [0.717, 1.165) is 22.6 Å². The molecule has 4 unspecified atom stereocenters. The maximum absolute atomic E-state index is 14.2. The molecule has 6 rings (SSSR count). The maximum atomic E-state index is 14.2. The fourth-order valence-corrected chi connectivity index (χ4v) is 8.12. The summed E-state index contributed by atoms with van der Waals surface area (Å²) < 4.78 is 13.7. The second kappa shape index (κ2) is 10.3. The van der Waals surface area contributed by atoms with Crippen LogP contribution in [0.1, 0.15) is 38.1 Å². The molecule has 0 N–H and O–H groups in total. The van der Waals surface area contributed by atoms with Crippen molar-refractivity contribution in [1.29, 1.82) is 0 Å². The van der Waals surface area contributed by atoms with Crippen molar-refractivity contribution in [2.45, 2.75) is 56.0 Å². The molecule has 4 aliphatic heterocycles. The summed E-state index contributed by atoms with van der Waals surface area (Å²) in [5, 5.41) is 9.19. The van der Waals surface area contributed by atoms with Crippen molar-refractivity contribution in [3.05, 3.63) is 40.3 Å². The first-order chi connectivity index (χ1) is 18.3. The largest absolute Gasteiger partial charge is 0.378 e. The first-order valence-corrected chi connectivity index (χ1v) is 15.0. The van der Waals surface area contributed by atoms with E-state index in [1.54, 1.807) is 16.7 Å². The number of ether oxygens (including phenoxy) is 2. The Morgan fingerprint density at radius 1 is 1.18 bits per heavy atom. The molecule has 1 aromatic heterocycles. The normalized spacial score (nSPS) is 25.9. The number of carbonyl (C=O) groups excluding carboxylic acids is 2. The summed E-state index contributed by atoms with van der Waals surface area (Å²) in [6, 6.07) is 7.93. The number of nitrogens with zero attached hydrogens (tertiary/aromatic N) is 5. The molecule has 38 heavy (non-hydrogen) atoms. The Bertz CT molecular complexity index is 1290. The zero-order valence-corrected chi connectivity index (χ0v) is 23.8. The minimum atomic E-state index is -0.340. The summed E-state index contributed by atoms with van der Waals surface area (Å²) >= 11 is 3.10. The molecule has 1 aromatic carbocycles. The quantitative estimate of drug-likeness (QED) is 0.508. The van der Waals surface area contributed by atoms with Gasteiger partial charge >= 0.3 is 0 Å². The van der Waals surface area contributed by atoms with E-state index in [1.807, 2.05) is 43.0 Å². The van der Waals surface area contributed by atoms with E-state index in [-0.39, 0.29) is 34.5 Å². The molecule has 0 radical (unpaired) electrons. The lowest BCUT2D eigenvalue weighted by Gasteiger charge is -2.37. The second-order valence-electron chi connectivity index (χ2n) is 10.6. The van der Waals surface area contributed by atoms with Gasteiger partial charge in [-0.25, -0.2) is 4.90 Å². The van der Waals surface area contributed by atoms with Gasteiger partial charge in [0, 0.05) is 18.0 Å². The number of morpholine rings is 1. The zero-order valence-electron chi connectivity index (χ0n) is 22.1. The monoisotopic (exact) mass is 555 g/mol. The average molecular weight is 556 g/mol. The van der Waals surface area contributed by atoms with Gasteiger partial charge in [-0.15, -0.1) is 22.0 Å². The van der Waals surface area contributed by atoms with Gasteiger partial charge in [0.05, 0.1) is 42.8 Å². The molecular weight excluding hydrogens is 522 g/mol. The molecule has 202 valence electrons. The molecule has 9 nitrogen and oxygen atoms in total. The first-order valence-electron chi connectivity index (χ1n) is 13.2. The van der Waals surface area contributed by atoms with Crippen LogP contribution in [0.15, 0.2) is 39.9 Å². The molecule has 2 aromatic rings. The second-order valence-corrected chi connectivity index (χ2v) is 13.1. The van der Waals surface area contributed by atoms with E-state index >= 15 is 0 Å².